The number of benzene rings is 9. The van der Waals surface area contributed by atoms with E-state index < -0.39 is 0 Å². The number of hydrogen-bond donors (Lipinski definition) is 0. The average Bonchev–Trinajstić information content (AvgIpc) is 3.71. The molecule has 0 heterocycles. The summed E-state index contributed by atoms with van der Waals surface area (Å²) in [5.74, 6) is 0. The first-order chi connectivity index (χ1) is 24.8. The third-order valence-electron chi connectivity index (χ3n) is 11.0. The number of fused-ring (bicyclic) bond motifs is 6. The van der Waals surface area contributed by atoms with Crippen molar-refractivity contribution in [1.29, 1.82) is 0 Å². The third kappa shape index (κ3) is 3.82. The van der Waals surface area contributed by atoms with Crippen LogP contribution in [-0.4, -0.2) is 0 Å². The Morgan fingerprint density at radius 1 is 0.180 bits per heavy atom. The lowest BCUT2D eigenvalue weighted by Gasteiger charge is -2.17. The second-order valence-electron chi connectivity index (χ2n) is 13.5. The highest BCUT2D eigenvalue weighted by Gasteiger charge is 2.29. The highest BCUT2D eigenvalue weighted by Crippen LogP contribution is 2.56. The summed E-state index contributed by atoms with van der Waals surface area (Å²) in [7, 11) is 0. The molecule has 2 aliphatic rings. The summed E-state index contributed by atoms with van der Waals surface area (Å²) in [5.41, 5.74) is 20.7. The largest absolute Gasteiger partial charge is 0.0622 e. The van der Waals surface area contributed by atoms with Crippen LogP contribution < -0.4 is 0 Å². The van der Waals surface area contributed by atoms with Gasteiger partial charge in [-0.25, -0.2) is 0 Å². The van der Waals surface area contributed by atoms with Crippen molar-refractivity contribution in [2.75, 3.05) is 0 Å². The van der Waals surface area contributed by atoms with Crippen LogP contribution in [0, 0.1) is 0 Å². The molecule has 0 bridgehead atoms. The Balaban J connectivity index is 1.10. The molecular weight excluding hydrogens is 601 g/mol. The Kier molecular flexibility index (Phi) is 5.76. The number of hydrogen-bond acceptors (Lipinski definition) is 0. The van der Waals surface area contributed by atoms with Gasteiger partial charge in [0.05, 0.1) is 0 Å². The molecule has 0 spiro atoms. The van der Waals surface area contributed by atoms with Crippen molar-refractivity contribution in [2.45, 2.75) is 0 Å². The Morgan fingerprint density at radius 2 is 0.460 bits per heavy atom. The number of rotatable bonds is 4. The highest BCUT2D eigenvalue weighted by molar-refractivity contribution is 6.22. The summed E-state index contributed by atoms with van der Waals surface area (Å²) in [6, 6.07) is 67.3. The van der Waals surface area contributed by atoms with Gasteiger partial charge in [-0.05, 0) is 111 Å². The van der Waals surface area contributed by atoms with Gasteiger partial charge in [0.15, 0.2) is 0 Å². The van der Waals surface area contributed by atoms with Gasteiger partial charge < -0.3 is 0 Å². The maximum atomic E-state index is 2.34. The zero-order chi connectivity index (χ0) is 32.8. The predicted molar refractivity (Wildman–Crippen MR) is 212 cm³/mol. The topological polar surface area (TPSA) is 0 Å². The molecule has 230 valence electrons. The maximum Gasteiger partial charge on any atom is -0.00139 e. The van der Waals surface area contributed by atoms with E-state index in [1.807, 2.05) is 0 Å². The fourth-order valence-electron chi connectivity index (χ4n) is 8.87. The summed E-state index contributed by atoms with van der Waals surface area (Å²) in [5, 5.41) is 5.30. The van der Waals surface area contributed by atoms with Crippen LogP contribution >= 0.6 is 0 Å². The van der Waals surface area contributed by atoms with Crippen LogP contribution in [0.5, 0.6) is 0 Å². The quantitative estimate of drug-likeness (QED) is 0.181. The molecule has 0 atom stereocenters. The van der Waals surface area contributed by atoms with E-state index in [9.17, 15) is 0 Å². The van der Waals surface area contributed by atoms with Gasteiger partial charge in [0, 0.05) is 0 Å². The molecule has 0 amide bonds. The highest BCUT2D eigenvalue weighted by atomic mass is 14.3. The average molecular weight is 631 g/mol. The molecule has 9 aromatic rings. The fraction of sp³-hybridized carbons (Fsp3) is 0. The van der Waals surface area contributed by atoms with Gasteiger partial charge >= 0.3 is 0 Å². The molecule has 0 heteroatoms. The molecule has 9 aromatic carbocycles. The van der Waals surface area contributed by atoms with Crippen LogP contribution in [0.4, 0.5) is 0 Å². The SMILES string of the molecule is c1ccc(-c2ccc(-c3ccc(-c4ccc(-c5ccccc5)c5c4-c4cccc6cccc-5c46)cc3)c3c2-c2cccc4cccc-3c24)cc1. The van der Waals surface area contributed by atoms with E-state index in [0.29, 0.717) is 0 Å². The maximum absolute atomic E-state index is 2.34. The minimum atomic E-state index is 1.23. The van der Waals surface area contributed by atoms with Crippen LogP contribution in [-0.2, 0) is 0 Å². The molecule has 2 aliphatic carbocycles. The molecule has 0 aromatic heterocycles. The minimum Gasteiger partial charge on any atom is -0.0622 e. The fourth-order valence-corrected chi connectivity index (χ4v) is 8.87. The summed E-state index contributed by atoms with van der Waals surface area (Å²) >= 11 is 0. The van der Waals surface area contributed by atoms with Crippen molar-refractivity contribution in [3.05, 3.63) is 182 Å². The van der Waals surface area contributed by atoms with Gasteiger partial charge in [0.25, 0.3) is 0 Å². The molecule has 0 aliphatic heterocycles. The molecule has 0 fully saturated rings. The standard InChI is InChI=1S/C50H30/c1-3-11-31(12-4-1)37-27-29-39(49-43-21-9-17-35-15-7-19-41(45(35)43)47(37)49)33-23-25-34(26-24-33)40-30-28-38(32-13-5-2-6-14-32)48-42-20-8-16-36-18-10-22-44(46(36)42)50(40)48/h1-30H. The molecular formula is C50H30. The molecule has 0 N–H and O–H groups in total. The molecule has 0 saturated carbocycles. The first-order valence-corrected chi connectivity index (χ1v) is 17.4. The van der Waals surface area contributed by atoms with Crippen molar-refractivity contribution in [3.8, 4) is 89.0 Å². The molecule has 11 rings (SSSR count). The minimum absolute atomic E-state index is 1.23. The monoisotopic (exact) mass is 630 g/mol. The summed E-state index contributed by atoms with van der Waals surface area (Å²) < 4.78 is 0. The third-order valence-corrected chi connectivity index (χ3v) is 11.0. The Morgan fingerprint density at radius 3 is 0.760 bits per heavy atom. The van der Waals surface area contributed by atoms with Crippen LogP contribution in [0.25, 0.3) is 111 Å². The summed E-state index contributed by atoms with van der Waals surface area (Å²) in [4.78, 5) is 0. The van der Waals surface area contributed by atoms with Crippen molar-refractivity contribution in [1.82, 2.24) is 0 Å². The van der Waals surface area contributed by atoms with Crippen molar-refractivity contribution in [2.24, 2.45) is 0 Å². The molecule has 0 unspecified atom stereocenters. The molecule has 0 saturated heterocycles. The van der Waals surface area contributed by atoms with E-state index in [0.717, 1.165) is 0 Å². The first kappa shape index (κ1) is 27.5. The Bertz CT molecular complexity index is 2610. The lowest BCUT2D eigenvalue weighted by atomic mass is 9.86. The van der Waals surface area contributed by atoms with Gasteiger partial charge in [0.1, 0.15) is 0 Å². The Labute approximate surface area is 291 Å². The van der Waals surface area contributed by atoms with Crippen LogP contribution in [0.15, 0.2) is 182 Å². The summed E-state index contributed by atoms with van der Waals surface area (Å²) in [6.45, 7) is 0. The normalized spacial score (nSPS) is 12.0. The van der Waals surface area contributed by atoms with Crippen LogP contribution in [0.1, 0.15) is 0 Å². The Hall–Kier alpha value is -6.50. The second kappa shape index (κ2) is 10.5. The zero-order valence-electron chi connectivity index (χ0n) is 27.3. The first-order valence-electron chi connectivity index (χ1n) is 17.4. The lowest BCUT2D eigenvalue weighted by molar-refractivity contribution is 1.57. The van der Waals surface area contributed by atoms with Crippen molar-refractivity contribution < 1.29 is 0 Å². The van der Waals surface area contributed by atoms with Gasteiger partial charge in [-0.15, -0.1) is 0 Å². The van der Waals surface area contributed by atoms with E-state index >= 15 is 0 Å². The molecule has 50 heavy (non-hydrogen) atoms. The zero-order valence-corrected chi connectivity index (χ0v) is 27.3. The van der Waals surface area contributed by atoms with E-state index in [1.54, 1.807) is 0 Å². The van der Waals surface area contributed by atoms with E-state index in [2.05, 4.69) is 182 Å². The van der Waals surface area contributed by atoms with Crippen molar-refractivity contribution in [3.63, 3.8) is 0 Å². The smallest absolute Gasteiger partial charge is 0.00139 e. The second-order valence-corrected chi connectivity index (χ2v) is 13.5. The summed E-state index contributed by atoms with van der Waals surface area (Å²) in [6.07, 6.45) is 0. The molecule has 0 nitrogen and oxygen atoms in total. The van der Waals surface area contributed by atoms with Gasteiger partial charge in [-0.1, -0.05) is 182 Å². The van der Waals surface area contributed by atoms with E-state index in [-0.39, 0.29) is 0 Å². The van der Waals surface area contributed by atoms with Crippen LogP contribution in [0.2, 0.25) is 0 Å². The van der Waals surface area contributed by atoms with E-state index in [1.165, 1.54) is 111 Å². The van der Waals surface area contributed by atoms with Gasteiger partial charge in [0.2, 0.25) is 0 Å². The van der Waals surface area contributed by atoms with Gasteiger partial charge in [-0.2, -0.15) is 0 Å². The van der Waals surface area contributed by atoms with Crippen LogP contribution in [0.3, 0.4) is 0 Å². The predicted octanol–water partition coefficient (Wildman–Crippen LogP) is 14.0. The lowest BCUT2D eigenvalue weighted by Crippen LogP contribution is -1.91. The molecule has 0 radical (unpaired) electrons. The van der Waals surface area contributed by atoms with E-state index in [4.69, 9.17) is 0 Å². The van der Waals surface area contributed by atoms with Gasteiger partial charge in [-0.3, -0.25) is 0 Å². The van der Waals surface area contributed by atoms with Crippen molar-refractivity contribution >= 4 is 21.5 Å².